The first-order valence-electron chi connectivity index (χ1n) is 44.2. The lowest BCUT2D eigenvalue weighted by atomic mass is 9.99. The lowest BCUT2D eigenvalue weighted by Gasteiger charge is -2.21. The molecule has 6 atom stereocenters. The zero-order valence-corrected chi connectivity index (χ0v) is 71.2. The van der Waals surface area contributed by atoms with Crippen LogP contribution in [0.15, 0.2) is 0 Å². The van der Waals surface area contributed by atoms with E-state index in [1.54, 1.807) is 0 Å². The summed E-state index contributed by atoms with van der Waals surface area (Å²) in [4.78, 5) is 73.2. The molecule has 0 aromatic rings. The summed E-state index contributed by atoms with van der Waals surface area (Å²) >= 11 is 0. The Kier molecular flexibility index (Phi) is 73.4. The number of aliphatic hydroxyl groups is 1. The maximum Gasteiger partial charge on any atom is 0.472 e. The molecule has 0 saturated heterocycles. The van der Waals surface area contributed by atoms with E-state index in [4.69, 9.17) is 37.0 Å². The predicted molar refractivity (Wildman–Crippen MR) is 432 cm³/mol. The van der Waals surface area contributed by atoms with E-state index in [9.17, 15) is 43.2 Å². The van der Waals surface area contributed by atoms with Crippen LogP contribution in [0.4, 0.5) is 0 Å². The van der Waals surface area contributed by atoms with E-state index in [1.165, 1.54) is 244 Å². The van der Waals surface area contributed by atoms with Crippen molar-refractivity contribution in [2.45, 2.75) is 465 Å². The summed E-state index contributed by atoms with van der Waals surface area (Å²) in [5, 5.41) is 10.7. The SMILES string of the molecule is CCC(C)CCCCCCCCCCCCCCCCC(=O)O[C@H](COC(=O)CCCCCCCCCC(C)C)COP(=O)(O)OCC(O)COP(=O)(O)OC[C@@H](COC(=O)CCCCCCCCCCCCCCCC(C)C)OC(=O)CCCCCCCCCCCCCCCCCCCCC(C)C. The van der Waals surface area contributed by atoms with Crippen molar-refractivity contribution in [2.24, 2.45) is 23.7 Å². The second kappa shape index (κ2) is 74.8. The molecule has 3 N–H and O–H groups in total. The molecule has 0 amide bonds. The van der Waals surface area contributed by atoms with Gasteiger partial charge in [-0.15, -0.1) is 0 Å². The van der Waals surface area contributed by atoms with Crippen LogP contribution in [0.1, 0.15) is 447 Å². The van der Waals surface area contributed by atoms with E-state index in [0.717, 1.165) is 114 Å². The van der Waals surface area contributed by atoms with Gasteiger partial charge in [0.15, 0.2) is 12.2 Å². The summed E-state index contributed by atoms with van der Waals surface area (Å²) in [5.74, 6) is 1.05. The molecule has 0 aromatic heterocycles. The molecule has 4 unspecified atom stereocenters. The molecular weight excluding hydrogens is 1370 g/mol. The van der Waals surface area contributed by atoms with Gasteiger partial charge in [-0.25, -0.2) is 9.13 Å². The molecular formula is C86H168O17P2. The molecule has 0 fully saturated rings. The largest absolute Gasteiger partial charge is 0.472 e. The first-order chi connectivity index (χ1) is 50.6. The molecule has 0 heterocycles. The fourth-order valence-electron chi connectivity index (χ4n) is 13.3. The van der Waals surface area contributed by atoms with Gasteiger partial charge in [-0.05, 0) is 49.4 Å². The molecule has 0 aliphatic rings. The van der Waals surface area contributed by atoms with Crippen molar-refractivity contribution in [3.63, 3.8) is 0 Å². The van der Waals surface area contributed by atoms with Crippen molar-refractivity contribution >= 4 is 39.5 Å². The Morgan fingerprint density at radius 1 is 0.267 bits per heavy atom. The number of hydrogen-bond donors (Lipinski definition) is 3. The third-order valence-electron chi connectivity index (χ3n) is 20.4. The van der Waals surface area contributed by atoms with Crippen LogP contribution in [0, 0.1) is 23.7 Å². The number of ether oxygens (including phenoxy) is 4. The Hall–Kier alpha value is -1.94. The summed E-state index contributed by atoms with van der Waals surface area (Å²) in [6.07, 6.45) is 63.9. The minimum Gasteiger partial charge on any atom is -0.462 e. The number of aliphatic hydroxyl groups excluding tert-OH is 1. The van der Waals surface area contributed by atoms with Gasteiger partial charge in [0, 0.05) is 25.7 Å². The number of carbonyl (C=O) groups is 4. The standard InChI is InChI=1S/C86H168O17P2/c1-9-79(8)65-57-49-41-33-27-21-16-17-23-30-36-44-53-61-69-86(91)103-82(73-97-84(89)67-59-51-45-37-40-48-56-64-78(6)7)75-101-105(94,95)99-71-80(87)70-98-104(92,93)100-74-81(72-96-83(88)66-58-50-42-34-28-24-18-20-26-32-39-47-55-63-77(4)5)102-85(90)68-60-52-43-35-29-22-15-13-11-10-12-14-19-25-31-38-46-54-62-76(2)3/h76-82,87H,9-75H2,1-8H3,(H,92,93)(H,94,95)/t79?,80?,81-,82-/m1/s1. The van der Waals surface area contributed by atoms with Crippen LogP contribution in [-0.4, -0.2) is 96.7 Å². The Morgan fingerprint density at radius 2 is 0.457 bits per heavy atom. The average molecular weight is 1540 g/mol. The van der Waals surface area contributed by atoms with Crippen molar-refractivity contribution < 1.29 is 80.2 Å². The summed E-state index contributed by atoms with van der Waals surface area (Å²) in [7, 11) is -9.93. The highest BCUT2D eigenvalue weighted by atomic mass is 31.2. The highest BCUT2D eigenvalue weighted by Crippen LogP contribution is 2.45. The lowest BCUT2D eigenvalue weighted by Crippen LogP contribution is -2.30. The van der Waals surface area contributed by atoms with Gasteiger partial charge in [-0.3, -0.25) is 37.3 Å². The Morgan fingerprint density at radius 3 is 0.676 bits per heavy atom. The Bertz CT molecular complexity index is 2040. The molecule has 0 rings (SSSR count). The zero-order chi connectivity index (χ0) is 77.4. The quantitative estimate of drug-likeness (QED) is 0.0222. The lowest BCUT2D eigenvalue weighted by molar-refractivity contribution is -0.161. The summed E-state index contributed by atoms with van der Waals surface area (Å²) in [6.45, 7) is 14.3. The topological polar surface area (TPSA) is 237 Å². The third-order valence-corrected chi connectivity index (χ3v) is 22.3. The highest BCUT2D eigenvalue weighted by molar-refractivity contribution is 7.47. The maximum atomic E-state index is 13.1. The molecule has 0 aromatic carbocycles. The van der Waals surface area contributed by atoms with Crippen LogP contribution in [0.25, 0.3) is 0 Å². The number of rotatable bonds is 83. The van der Waals surface area contributed by atoms with Gasteiger partial charge >= 0.3 is 39.5 Å². The van der Waals surface area contributed by atoms with Gasteiger partial charge in [0.05, 0.1) is 26.4 Å². The van der Waals surface area contributed by atoms with Gasteiger partial charge in [-0.2, -0.15) is 0 Å². The minimum absolute atomic E-state index is 0.107. The average Bonchev–Trinajstić information content (AvgIpc) is 0.906. The van der Waals surface area contributed by atoms with Crippen LogP contribution >= 0.6 is 15.6 Å². The van der Waals surface area contributed by atoms with E-state index in [2.05, 4.69) is 55.4 Å². The van der Waals surface area contributed by atoms with Gasteiger partial charge in [0.2, 0.25) is 0 Å². The normalized spacial score (nSPS) is 14.2. The Balaban J connectivity index is 5.23. The number of carbonyl (C=O) groups excluding carboxylic acids is 4. The number of phosphoric acid groups is 2. The molecule has 624 valence electrons. The summed E-state index contributed by atoms with van der Waals surface area (Å²) in [6, 6.07) is 0. The molecule has 0 radical (unpaired) electrons. The minimum atomic E-state index is -4.97. The van der Waals surface area contributed by atoms with Crippen LogP contribution in [0.2, 0.25) is 0 Å². The van der Waals surface area contributed by atoms with Crippen LogP contribution < -0.4 is 0 Å². The third kappa shape index (κ3) is 78.5. The van der Waals surface area contributed by atoms with E-state index in [-0.39, 0.29) is 25.7 Å². The van der Waals surface area contributed by atoms with Crippen LogP contribution in [0.3, 0.4) is 0 Å². The van der Waals surface area contributed by atoms with Crippen LogP contribution in [-0.2, 0) is 65.4 Å². The molecule has 0 bridgehead atoms. The van der Waals surface area contributed by atoms with Gasteiger partial charge in [0.25, 0.3) is 0 Å². The molecule has 19 heteroatoms. The van der Waals surface area contributed by atoms with Crippen molar-refractivity contribution in [1.82, 2.24) is 0 Å². The fourth-order valence-corrected chi connectivity index (χ4v) is 14.9. The maximum absolute atomic E-state index is 13.1. The number of unbranched alkanes of at least 4 members (excludes halogenated alkanes) is 48. The van der Waals surface area contributed by atoms with Crippen molar-refractivity contribution in [2.75, 3.05) is 39.6 Å². The molecule has 0 aliphatic heterocycles. The highest BCUT2D eigenvalue weighted by Gasteiger charge is 2.31. The first kappa shape index (κ1) is 103. The summed E-state index contributed by atoms with van der Waals surface area (Å²) < 4.78 is 68.9. The summed E-state index contributed by atoms with van der Waals surface area (Å²) in [5.41, 5.74) is 0. The van der Waals surface area contributed by atoms with Gasteiger partial charge < -0.3 is 33.8 Å². The Labute approximate surface area is 645 Å². The van der Waals surface area contributed by atoms with Gasteiger partial charge in [-0.1, -0.05) is 396 Å². The second-order valence-corrected chi connectivity index (χ2v) is 35.5. The van der Waals surface area contributed by atoms with E-state index in [0.29, 0.717) is 31.6 Å². The molecule has 105 heavy (non-hydrogen) atoms. The van der Waals surface area contributed by atoms with E-state index in [1.807, 2.05) is 0 Å². The molecule has 0 saturated carbocycles. The molecule has 0 spiro atoms. The number of phosphoric ester groups is 2. The zero-order valence-electron chi connectivity index (χ0n) is 69.4. The second-order valence-electron chi connectivity index (χ2n) is 32.6. The number of hydrogen-bond acceptors (Lipinski definition) is 15. The monoisotopic (exact) mass is 1540 g/mol. The van der Waals surface area contributed by atoms with E-state index >= 15 is 0 Å². The van der Waals surface area contributed by atoms with E-state index < -0.39 is 97.5 Å². The predicted octanol–water partition coefficient (Wildman–Crippen LogP) is 25.9. The van der Waals surface area contributed by atoms with Crippen molar-refractivity contribution in [1.29, 1.82) is 0 Å². The van der Waals surface area contributed by atoms with Crippen molar-refractivity contribution in [3.8, 4) is 0 Å². The smallest absolute Gasteiger partial charge is 0.462 e. The van der Waals surface area contributed by atoms with Gasteiger partial charge in [0.1, 0.15) is 19.3 Å². The fraction of sp³-hybridized carbons (Fsp3) is 0.953. The van der Waals surface area contributed by atoms with Crippen molar-refractivity contribution in [3.05, 3.63) is 0 Å². The number of esters is 4. The molecule has 0 aliphatic carbocycles. The molecule has 17 nitrogen and oxygen atoms in total. The first-order valence-corrected chi connectivity index (χ1v) is 47.2. The van der Waals surface area contributed by atoms with Crippen LogP contribution in [0.5, 0.6) is 0 Å².